The highest BCUT2D eigenvalue weighted by Gasteiger charge is 2.30. The molecule has 0 aliphatic heterocycles. The van der Waals surface area contributed by atoms with E-state index in [0.717, 1.165) is 96.3 Å². The number of ether oxygens (including phenoxy) is 4. The second kappa shape index (κ2) is 81.6. The molecule has 0 aliphatic carbocycles. The highest BCUT2D eigenvalue weighted by atomic mass is 31.2. The lowest BCUT2D eigenvalue weighted by molar-refractivity contribution is -0.161. The van der Waals surface area contributed by atoms with Gasteiger partial charge in [0.2, 0.25) is 0 Å². The van der Waals surface area contributed by atoms with Gasteiger partial charge in [-0.15, -0.1) is 0 Å². The van der Waals surface area contributed by atoms with Gasteiger partial charge < -0.3 is 33.8 Å². The number of phosphoric ester groups is 2. The number of unbranched alkanes of at least 4 members (excludes halogenated alkanes) is 61. The minimum absolute atomic E-state index is 0.108. The predicted octanol–water partition coefficient (Wildman–Crippen LogP) is 27.5. The molecule has 0 spiro atoms. The maximum Gasteiger partial charge on any atom is 0.472 e. The van der Waals surface area contributed by atoms with Crippen LogP contribution < -0.4 is 0 Å². The number of aliphatic hydroxyl groups is 1. The molecule has 0 aromatic carbocycles. The van der Waals surface area contributed by atoms with Gasteiger partial charge in [0.05, 0.1) is 26.4 Å². The molecular weight excluding hydrogens is 1400 g/mol. The molecule has 108 heavy (non-hydrogen) atoms. The zero-order valence-corrected chi connectivity index (χ0v) is 72.8. The van der Waals surface area contributed by atoms with Crippen LogP contribution in [0.4, 0.5) is 0 Å². The average Bonchev–Trinajstić information content (AvgIpc) is 0.896. The summed E-state index contributed by atoms with van der Waals surface area (Å²) in [5, 5.41) is 10.7. The summed E-state index contributed by atoms with van der Waals surface area (Å²) in [6.07, 6.45) is 76.7. The van der Waals surface area contributed by atoms with Crippen LogP contribution in [0.3, 0.4) is 0 Å². The van der Waals surface area contributed by atoms with Crippen molar-refractivity contribution >= 4 is 39.5 Å². The molecule has 642 valence electrons. The number of esters is 4. The van der Waals surface area contributed by atoms with Gasteiger partial charge >= 0.3 is 39.5 Å². The lowest BCUT2D eigenvalue weighted by Crippen LogP contribution is -2.30. The molecule has 0 aromatic rings. The van der Waals surface area contributed by atoms with Crippen molar-refractivity contribution in [3.05, 3.63) is 0 Å². The van der Waals surface area contributed by atoms with E-state index >= 15 is 0 Å². The van der Waals surface area contributed by atoms with Crippen LogP contribution in [0.25, 0.3) is 0 Å². The Bertz CT molecular complexity index is 2050. The number of carbonyl (C=O) groups is 4. The van der Waals surface area contributed by atoms with Crippen molar-refractivity contribution in [1.82, 2.24) is 0 Å². The third kappa shape index (κ3) is 82.1. The van der Waals surface area contributed by atoms with E-state index in [2.05, 4.69) is 34.6 Å². The third-order valence-corrected chi connectivity index (χ3v) is 22.9. The summed E-state index contributed by atoms with van der Waals surface area (Å²) in [6, 6.07) is 0. The quantitative estimate of drug-likeness (QED) is 0.0222. The Hall–Kier alpha value is -1.94. The maximum atomic E-state index is 13.2. The van der Waals surface area contributed by atoms with Crippen molar-refractivity contribution in [2.75, 3.05) is 39.6 Å². The predicted molar refractivity (Wildman–Crippen MR) is 446 cm³/mol. The fraction of sp³-hybridized carbons (Fsp3) is 0.955. The molecule has 5 atom stereocenters. The SMILES string of the molecule is CCCCCCCCCCCCCCCCCCCCCCCCC(=O)O[C@H](COC(=O)CCCCCCCCCCCCCCCCCCCCCC)COP(=O)(O)OC[C@@H](O)COP(=O)(O)OC[C@@H](COC(=O)CCCCCCCCCC(C)C)OC(=O)CCCCCCCCCCCCCCCCCC. The lowest BCUT2D eigenvalue weighted by atomic mass is 10.0. The van der Waals surface area contributed by atoms with Gasteiger partial charge in [0.15, 0.2) is 12.2 Å². The average molecular weight is 1580 g/mol. The summed E-state index contributed by atoms with van der Waals surface area (Å²) < 4.78 is 69.0. The molecule has 0 fully saturated rings. The molecule has 0 aromatic heterocycles. The number of aliphatic hydroxyl groups excluding tert-OH is 1. The van der Waals surface area contributed by atoms with E-state index in [-0.39, 0.29) is 25.7 Å². The fourth-order valence-corrected chi connectivity index (χ4v) is 15.6. The Morgan fingerprint density at radius 2 is 0.426 bits per heavy atom. The van der Waals surface area contributed by atoms with Gasteiger partial charge in [0.1, 0.15) is 19.3 Å². The van der Waals surface area contributed by atoms with Gasteiger partial charge in [-0.2, -0.15) is 0 Å². The smallest absolute Gasteiger partial charge is 0.462 e. The molecule has 3 N–H and O–H groups in total. The topological polar surface area (TPSA) is 237 Å². The Balaban J connectivity index is 5.21. The minimum atomic E-state index is -4.97. The Morgan fingerprint density at radius 3 is 0.630 bits per heavy atom. The number of hydrogen-bond acceptors (Lipinski definition) is 15. The molecule has 19 heteroatoms. The first-order valence-corrected chi connectivity index (χ1v) is 49.1. The largest absolute Gasteiger partial charge is 0.472 e. The molecule has 0 aliphatic rings. The molecule has 0 amide bonds. The van der Waals surface area contributed by atoms with Crippen LogP contribution >= 0.6 is 15.6 Å². The van der Waals surface area contributed by atoms with Gasteiger partial charge in [-0.25, -0.2) is 9.13 Å². The molecule has 0 heterocycles. The molecular formula is C89H174O17P2. The first-order valence-electron chi connectivity index (χ1n) is 46.1. The second-order valence-corrected chi connectivity index (χ2v) is 35.4. The van der Waals surface area contributed by atoms with Crippen molar-refractivity contribution in [3.63, 3.8) is 0 Å². The zero-order valence-electron chi connectivity index (χ0n) is 71.0. The van der Waals surface area contributed by atoms with Crippen molar-refractivity contribution < 1.29 is 80.2 Å². The number of phosphoric acid groups is 2. The minimum Gasteiger partial charge on any atom is -0.462 e. The highest BCUT2D eigenvalue weighted by molar-refractivity contribution is 7.47. The molecule has 0 radical (unpaired) electrons. The monoisotopic (exact) mass is 1580 g/mol. The van der Waals surface area contributed by atoms with Crippen LogP contribution in [0.2, 0.25) is 0 Å². The summed E-state index contributed by atoms with van der Waals surface area (Å²) in [7, 11) is -9.93. The van der Waals surface area contributed by atoms with Crippen LogP contribution in [0.5, 0.6) is 0 Å². The summed E-state index contributed by atoms with van der Waals surface area (Å²) in [6.45, 7) is 7.32. The van der Waals surface area contributed by atoms with Gasteiger partial charge in [0, 0.05) is 25.7 Å². The standard InChI is InChI=1S/C89H174O17P2/c1-6-9-12-15-18-21-24-27-30-33-35-37-38-40-42-45-48-51-54-59-65-70-74-88(93)105-84(78-99-86(91)72-67-62-57-52-49-46-44-41-39-36-34-31-28-25-22-19-16-13-10-7-2)80-103-107(95,96)101-76-83(90)77-102-108(97,98)104-81-85(79-100-87(92)73-68-63-60-55-56-61-66-71-82(4)5)106-89(94)75-69-64-58-53-50-47-43-32-29-26-23-20-17-14-11-8-3/h82-85,90H,6-81H2,1-5H3,(H,95,96)(H,97,98)/t83-,84-,85-/m1/s1. The van der Waals surface area contributed by atoms with Gasteiger partial charge in [0.25, 0.3) is 0 Å². The zero-order chi connectivity index (χ0) is 79.0. The Labute approximate surface area is 664 Å². The van der Waals surface area contributed by atoms with Gasteiger partial charge in [-0.05, 0) is 31.6 Å². The van der Waals surface area contributed by atoms with E-state index in [1.54, 1.807) is 0 Å². The molecule has 0 rings (SSSR count). The van der Waals surface area contributed by atoms with Crippen LogP contribution in [-0.4, -0.2) is 96.7 Å². The molecule has 0 saturated heterocycles. The highest BCUT2D eigenvalue weighted by Crippen LogP contribution is 2.45. The summed E-state index contributed by atoms with van der Waals surface area (Å²) in [5.41, 5.74) is 0. The first kappa shape index (κ1) is 106. The Morgan fingerprint density at radius 1 is 0.250 bits per heavy atom. The fourth-order valence-electron chi connectivity index (χ4n) is 14.0. The molecule has 0 saturated carbocycles. The number of rotatable bonds is 89. The third-order valence-electron chi connectivity index (χ3n) is 21.0. The van der Waals surface area contributed by atoms with E-state index in [1.807, 2.05) is 0 Å². The van der Waals surface area contributed by atoms with Gasteiger partial charge in [-0.3, -0.25) is 37.3 Å². The van der Waals surface area contributed by atoms with Crippen LogP contribution in [0.1, 0.15) is 484 Å². The molecule has 0 bridgehead atoms. The summed E-state index contributed by atoms with van der Waals surface area (Å²) in [5.74, 6) is -1.39. The van der Waals surface area contributed by atoms with Crippen LogP contribution in [0.15, 0.2) is 0 Å². The van der Waals surface area contributed by atoms with E-state index in [4.69, 9.17) is 37.0 Å². The van der Waals surface area contributed by atoms with Crippen molar-refractivity contribution in [1.29, 1.82) is 0 Å². The number of carbonyl (C=O) groups excluding carboxylic acids is 4. The first-order chi connectivity index (χ1) is 52.5. The van der Waals surface area contributed by atoms with Crippen molar-refractivity contribution in [2.45, 2.75) is 502 Å². The van der Waals surface area contributed by atoms with E-state index < -0.39 is 97.5 Å². The Kier molecular flexibility index (Phi) is 80.2. The van der Waals surface area contributed by atoms with Crippen molar-refractivity contribution in [3.8, 4) is 0 Å². The summed E-state index contributed by atoms with van der Waals surface area (Å²) in [4.78, 5) is 73.3. The molecule has 2 unspecified atom stereocenters. The van der Waals surface area contributed by atoms with Crippen LogP contribution in [0, 0.1) is 5.92 Å². The van der Waals surface area contributed by atoms with Crippen molar-refractivity contribution in [2.24, 2.45) is 5.92 Å². The van der Waals surface area contributed by atoms with Crippen LogP contribution in [-0.2, 0) is 65.4 Å². The van der Waals surface area contributed by atoms with E-state index in [0.29, 0.717) is 31.6 Å². The van der Waals surface area contributed by atoms with E-state index in [1.165, 1.54) is 302 Å². The second-order valence-electron chi connectivity index (χ2n) is 32.5. The maximum absolute atomic E-state index is 13.2. The van der Waals surface area contributed by atoms with E-state index in [9.17, 15) is 43.2 Å². The van der Waals surface area contributed by atoms with Gasteiger partial charge in [-0.1, -0.05) is 433 Å². The molecule has 17 nitrogen and oxygen atoms in total. The normalized spacial score (nSPS) is 13.7. The lowest BCUT2D eigenvalue weighted by Gasteiger charge is -2.21. The summed E-state index contributed by atoms with van der Waals surface area (Å²) >= 11 is 0. The number of hydrogen-bond donors (Lipinski definition) is 3.